The fraction of sp³-hybridized carbons (Fsp3) is 0.158. The van der Waals surface area contributed by atoms with E-state index in [1.807, 2.05) is 60.7 Å². The number of nitrogens with zero attached hydrogens (tertiary/aromatic N) is 1. The predicted molar refractivity (Wildman–Crippen MR) is 87.8 cm³/mol. The Morgan fingerprint density at radius 3 is 2.32 bits per heavy atom. The van der Waals surface area contributed by atoms with E-state index in [4.69, 9.17) is 0 Å². The second-order valence-corrected chi connectivity index (χ2v) is 5.90. The first-order chi connectivity index (χ1) is 10.5. The molecule has 3 nitrogen and oxygen atoms in total. The molecule has 1 heterocycles. The lowest BCUT2D eigenvalue weighted by Gasteiger charge is -2.19. The molecule has 2 aromatic carbocycles. The Morgan fingerprint density at radius 1 is 0.955 bits per heavy atom. The molecule has 0 saturated carbocycles. The number of para-hydroxylation sites is 1. The minimum atomic E-state index is -0.894. The molecular formula is C19H17NO2. The average Bonchev–Trinajstić information content (AvgIpc) is 2.54. The van der Waals surface area contributed by atoms with Crippen LogP contribution in [-0.2, 0) is 10.2 Å². The first-order valence-electron chi connectivity index (χ1n) is 7.18. The van der Waals surface area contributed by atoms with Crippen molar-refractivity contribution in [3.63, 3.8) is 0 Å². The van der Waals surface area contributed by atoms with E-state index < -0.39 is 11.4 Å². The van der Waals surface area contributed by atoms with Crippen LogP contribution in [-0.4, -0.2) is 16.1 Å². The summed E-state index contributed by atoms with van der Waals surface area (Å²) in [5.41, 5.74) is 2.71. The molecule has 3 heteroatoms. The van der Waals surface area contributed by atoms with Crippen LogP contribution in [0.2, 0.25) is 0 Å². The molecule has 0 unspecified atom stereocenters. The van der Waals surface area contributed by atoms with Crippen molar-refractivity contribution in [2.24, 2.45) is 0 Å². The van der Waals surface area contributed by atoms with Crippen LogP contribution >= 0.6 is 0 Å². The van der Waals surface area contributed by atoms with Crippen LogP contribution in [0.3, 0.4) is 0 Å². The van der Waals surface area contributed by atoms with Crippen LogP contribution in [0.25, 0.3) is 22.2 Å². The lowest BCUT2D eigenvalue weighted by molar-refractivity contribution is -0.142. The summed E-state index contributed by atoms with van der Waals surface area (Å²) in [5.74, 6) is -0.830. The number of aromatic nitrogens is 1. The second kappa shape index (κ2) is 5.26. The van der Waals surface area contributed by atoms with Gasteiger partial charge in [-0.1, -0.05) is 48.5 Å². The van der Waals surface area contributed by atoms with Gasteiger partial charge in [-0.25, -0.2) is 4.98 Å². The van der Waals surface area contributed by atoms with Gasteiger partial charge in [-0.3, -0.25) is 4.79 Å². The van der Waals surface area contributed by atoms with Crippen LogP contribution in [0.5, 0.6) is 0 Å². The maximum atomic E-state index is 11.3. The largest absolute Gasteiger partial charge is 0.481 e. The van der Waals surface area contributed by atoms with Gasteiger partial charge in [0.1, 0.15) is 0 Å². The van der Waals surface area contributed by atoms with Gasteiger partial charge in [-0.2, -0.15) is 0 Å². The molecular weight excluding hydrogens is 274 g/mol. The smallest absolute Gasteiger partial charge is 0.313 e. The number of benzene rings is 2. The zero-order valence-corrected chi connectivity index (χ0v) is 12.6. The molecule has 0 saturated heterocycles. The standard InChI is InChI=1S/C19H17NO2/c1-19(2,18(21)22)15-10-7-14(8-11-15)17-12-9-13-5-3-4-6-16(13)20-17/h3-12H,1-2H3,(H,21,22). The minimum Gasteiger partial charge on any atom is -0.481 e. The monoisotopic (exact) mass is 291 g/mol. The highest BCUT2D eigenvalue weighted by Crippen LogP contribution is 2.27. The first kappa shape index (κ1) is 14.3. The molecule has 0 fully saturated rings. The van der Waals surface area contributed by atoms with Gasteiger partial charge in [0.2, 0.25) is 0 Å². The van der Waals surface area contributed by atoms with E-state index in [9.17, 15) is 9.90 Å². The molecule has 0 aliphatic carbocycles. The van der Waals surface area contributed by atoms with Crippen molar-refractivity contribution in [1.29, 1.82) is 0 Å². The zero-order valence-electron chi connectivity index (χ0n) is 12.6. The Balaban J connectivity index is 1.99. The van der Waals surface area contributed by atoms with Gasteiger partial charge in [0, 0.05) is 10.9 Å². The third-order valence-corrected chi connectivity index (χ3v) is 4.04. The Kier molecular flexibility index (Phi) is 3.41. The van der Waals surface area contributed by atoms with E-state index in [-0.39, 0.29) is 0 Å². The van der Waals surface area contributed by atoms with E-state index in [0.717, 1.165) is 27.7 Å². The topological polar surface area (TPSA) is 50.2 Å². The lowest BCUT2D eigenvalue weighted by atomic mass is 9.84. The van der Waals surface area contributed by atoms with Crippen molar-refractivity contribution in [3.8, 4) is 11.3 Å². The van der Waals surface area contributed by atoms with Crippen LogP contribution in [0.1, 0.15) is 19.4 Å². The number of carboxylic acids is 1. The fourth-order valence-corrected chi connectivity index (χ4v) is 2.41. The maximum absolute atomic E-state index is 11.3. The van der Waals surface area contributed by atoms with Crippen molar-refractivity contribution in [2.75, 3.05) is 0 Å². The molecule has 0 bridgehead atoms. The van der Waals surface area contributed by atoms with Gasteiger partial charge >= 0.3 is 5.97 Å². The first-order valence-corrected chi connectivity index (χ1v) is 7.18. The van der Waals surface area contributed by atoms with Gasteiger partial charge in [-0.15, -0.1) is 0 Å². The molecule has 0 radical (unpaired) electrons. The van der Waals surface area contributed by atoms with Gasteiger partial charge < -0.3 is 5.11 Å². The highest BCUT2D eigenvalue weighted by Gasteiger charge is 2.29. The summed E-state index contributed by atoms with van der Waals surface area (Å²) in [6.45, 7) is 3.41. The van der Waals surface area contributed by atoms with E-state index >= 15 is 0 Å². The number of hydrogen-bond acceptors (Lipinski definition) is 2. The minimum absolute atomic E-state index is 0.782. The van der Waals surface area contributed by atoms with Crippen molar-refractivity contribution >= 4 is 16.9 Å². The van der Waals surface area contributed by atoms with Crippen LogP contribution in [0.4, 0.5) is 0 Å². The molecule has 3 aromatic rings. The van der Waals surface area contributed by atoms with Crippen molar-refractivity contribution in [3.05, 3.63) is 66.2 Å². The summed E-state index contributed by atoms with van der Waals surface area (Å²) in [7, 11) is 0. The van der Waals surface area contributed by atoms with Crippen LogP contribution < -0.4 is 0 Å². The van der Waals surface area contributed by atoms with E-state index in [1.165, 1.54) is 0 Å². The van der Waals surface area contributed by atoms with Crippen molar-refractivity contribution in [1.82, 2.24) is 4.98 Å². The SMILES string of the molecule is CC(C)(C(=O)O)c1ccc(-c2ccc3ccccc3n2)cc1. The van der Waals surface area contributed by atoms with Gasteiger partial charge in [0.15, 0.2) is 0 Å². The van der Waals surface area contributed by atoms with E-state index in [2.05, 4.69) is 4.98 Å². The number of fused-ring (bicyclic) bond motifs is 1. The number of carbonyl (C=O) groups is 1. The highest BCUT2D eigenvalue weighted by atomic mass is 16.4. The predicted octanol–water partition coefficient (Wildman–Crippen LogP) is 4.26. The summed E-state index contributed by atoms with van der Waals surface area (Å²) in [4.78, 5) is 16.0. The molecule has 1 N–H and O–H groups in total. The number of pyridine rings is 1. The normalized spacial score (nSPS) is 11.5. The third kappa shape index (κ3) is 2.46. The summed E-state index contributed by atoms with van der Waals surface area (Å²) in [6, 6.07) is 19.6. The summed E-state index contributed by atoms with van der Waals surface area (Å²) in [6.07, 6.45) is 0. The Hall–Kier alpha value is -2.68. The van der Waals surface area contributed by atoms with Crippen LogP contribution in [0, 0.1) is 0 Å². The summed E-state index contributed by atoms with van der Waals surface area (Å²) < 4.78 is 0. The molecule has 0 aliphatic rings. The van der Waals surface area contributed by atoms with Crippen molar-refractivity contribution in [2.45, 2.75) is 19.3 Å². The van der Waals surface area contributed by atoms with Gasteiger partial charge in [0.25, 0.3) is 0 Å². The number of hydrogen-bond donors (Lipinski definition) is 1. The molecule has 0 spiro atoms. The molecule has 3 rings (SSSR count). The van der Waals surface area contributed by atoms with E-state index in [1.54, 1.807) is 13.8 Å². The quantitative estimate of drug-likeness (QED) is 0.784. The molecule has 0 aliphatic heterocycles. The fourth-order valence-electron chi connectivity index (χ4n) is 2.41. The van der Waals surface area contributed by atoms with Gasteiger partial charge in [0.05, 0.1) is 16.6 Å². The average molecular weight is 291 g/mol. The molecule has 110 valence electrons. The molecule has 22 heavy (non-hydrogen) atoms. The second-order valence-electron chi connectivity index (χ2n) is 5.90. The highest BCUT2D eigenvalue weighted by molar-refractivity contribution is 5.82. The number of rotatable bonds is 3. The Bertz CT molecular complexity index is 835. The Labute approximate surface area is 129 Å². The van der Waals surface area contributed by atoms with Crippen molar-refractivity contribution < 1.29 is 9.90 Å². The third-order valence-electron chi connectivity index (χ3n) is 4.04. The van der Waals surface area contributed by atoms with Crippen LogP contribution in [0.15, 0.2) is 60.7 Å². The summed E-state index contributed by atoms with van der Waals surface area (Å²) in [5, 5.41) is 10.4. The molecule has 1 aromatic heterocycles. The van der Waals surface area contributed by atoms with Gasteiger partial charge in [-0.05, 0) is 31.5 Å². The Morgan fingerprint density at radius 2 is 1.64 bits per heavy atom. The maximum Gasteiger partial charge on any atom is 0.313 e. The number of aliphatic carboxylic acids is 1. The van der Waals surface area contributed by atoms with E-state index in [0.29, 0.717) is 0 Å². The summed E-state index contributed by atoms with van der Waals surface area (Å²) >= 11 is 0. The number of carboxylic acid groups (broad SMARTS) is 1. The lowest BCUT2D eigenvalue weighted by Crippen LogP contribution is -2.28. The molecule has 0 atom stereocenters. The molecule has 0 amide bonds. The zero-order chi connectivity index (χ0) is 15.7.